The Morgan fingerprint density at radius 3 is 2.44 bits per heavy atom. The number of nitrogens with one attached hydrogen (secondary N) is 1. The molecule has 0 unspecified atom stereocenters. The lowest BCUT2D eigenvalue weighted by Gasteiger charge is -2.19. The maximum atomic E-state index is 12.3. The number of carbonyl (C=O) groups excluding carboxylic acids is 3. The predicted molar refractivity (Wildman–Crippen MR) is 91.5 cm³/mol. The van der Waals surface area contributed by atoms with Gasteiger partial charge < -0.3 is 15.8 Å². The summed E-state index contributed by atoms with van der Waals surface area (Å²) in [7, 11) is -3.36. The molecule has 1 aromatic carbocycles. The quantitative estimate of drug-likeness (QED) is 0.616. The van der Waals surface area contributed by atoms with Crippen molar-refractivity contribution in [3.8, 4) is 0 Å². The highest BCUT2D eigenvalue weighted by Gasteiger charge is 2.27. The number of carbonyl (C=O) groups is 3. The van der Waals surface area contributed by atoms with E-state index in [-0.39, 0.29) is 12.2 Å². The highest BCUT2D eigenvalue weighted by atomic mass is 32.2. The minimum absolute atomic E-state index is 0.180. The number of primary amides is 1. The van der Waals surface area contributed by atoms with Crippen molar-refractivity contribution < 1.29 is 27.5 Å². The standard InChI is InChI=1S/C16H22N2O6S/c1-10-5-4-6-12(9-10)15(20)18-13(7-8-25(3,22)23)16(21)24-11(2)14(17)19/h4-6,9,11,13H,7-8H2,1-3H3,(H2,17,19)(H,18,20)/t11-,13-/m0/s1. The maximum absolute atomic E-state index is 12.3. The molecule has 0 radical (unpaired) electrons. The van der Waals surface area contributed by atoms with Gasteiger partial charge in [0.25, 0.3) is 11.8 Å². The van der Waals surface area contributed by atoms with Crippen LogP contribution in [0.15, 0.2) is 24.3 Å². The Morgan fingerprint density at radius 2 is 1.92 bits per heavy atom. The van der Waals surface area contributed by atoms with E-state index < -0.39 is 39.8 Å². The highest BCUT2D eigenvalue weighted by Crippen LogP contribution is 2.07. The van der Waals surface area contributed by atoms with Gasteiger partial charge in [0.2, 0.25) is 0 Å². The molecule has 2 atom stereocenters. The second-order valence-corrected chi connectivity index (χ2v) is 8.06. The van der Waals surface area contributed by atoms with Gasteiger partial charge in [0.05, 0.1) is 5.75 Å². The van der Waals surface area contributed by atoms with E-state index in [2.05, 4.69) is 5.32 Å². The summed E-state index contributed by atoms with van der Waals surface area (Å²) in [5.74, 6) is -2.65. The van der Waals surface area contributed by atoms with Gasteiger partial charge in [-0.15, -0.1) is 0 Å². The lowest BCUT2D eigenvalue weighted by atomic mass is 10.1. The molecule has 0 saturated carbocycles. The zero-order chi connectivity index (χ0) is 19.2. The third kappa shape index (κ3) is 7.34. The van der Waals surface area contributed by atoms with Gasteiger partial charge in [-0.3, -0.25) is 9.59 Å². The van der Waals surface area contributed by atoms with Gasteiger partial charge in [-0.05, 0) is 32.4 Å². The van der Waals surface area contributed by atoms with Crippen LogP contribution in [-0.2, 0) is 24.2 Å². The van der Waals surface area contributed by atoms with Crippen molar-refractivity contribution in [1.29, 1.82) is 0 Å². The van der Waals surface area contributed by atoms with Gasteiger partial charge in [0, 0.05) is 11.8 Å². The van der Waals surface area contributed by atoms with Crippen LogP contribution in [0, 0.1) is 6.92 Å². The van der Waals surface area contributed by atoms with Crippen molar-refractivity contribution in [2.45, 2.75) is 32.4 Å². The Labute approximate surface area is 146 Å². The molecule has 3 N–H and O–H groups in total. The molecule has 9 heteroatoms. The van der Waals surface area contributed by atoms with Gasteiger partial charge in [-0.2, -0.15) is 0 Å². The molecule has 8 nitrogen and oxygen atoms in total. The summed E-state index contributed by atoms with van der Waals surface area (Å²) in [6.07, 6.45) is -0.353. The number of amides is 2. The van der Waals surface area contributed by atoms with Crippen LogP contribution in [0.5, 0.6) is 0 Å². The summed E-state index contributed by atoms with van der Waals surface area (Å²) >= 11 is 0. The molecular weight excluding hydrogens is 348 g/mol. The maximum Gasteiger partial charge on any atom is 0.329 e. The zero-order valence-electron chi connectivity index (χ0n) is 14.3. The molecule has 2 amide bonds. The van der Waals surface area contributed by atoms with Crippen molar-refractivity contribution in [3.05, 3.63) is 35.4 Å². The van der Waals surface area contributed by atoms with Crippen LogP contribution >= 0.6 is 0 Å². The van der Waals surface area contributed by atoms with Gasteiger partial charge in [-0.1, -0.05) is 17.7 Å². The Kier molecular flexibility index (Phi) is 7.10. The number of nitrogens with two attached hydrogens (primary N) is 1. The first kappa shape index (κ1) is 20.6. The Hall–Kier alpha value is -2.42. The van der Waals surface area contributed by atoms with Crippen molar-refractivity contribution in [2.24, 2.45) is 5.73 Å². The fraction of sp³-hybridized carbons (Fsp3) is 0.438. The summed E-state index contributed by atoms with van der Waals surface area (Å²) in [5, 5.41) is 2.45. The van der Waals surface area contributed by atoms with E-state index in [1.165, 1.54) is 6.92 Å². The fourth-order valence-electron chi connectivity index (χ4n) is 1.92. The fourth-order valence-corrected chi connectivity index (χ4v) is 2.59. The Morgan fingerprint density at radius 1 is 1.28 bits per heavy atom. The van der Waals surface area contributed by atoms with Crippen molar-refractivity contribution >= 4 is 27.6 Å². The van der Waals surface area contributed by atoms with Crippen LogP contribution in [-0.4, -0.2) is 50.4 Å². The second-order valence-electron chi connectivity index (χ2n) is 5.80. The molecule has 0 aromatic heterocycles. The first-order valence-electron chi connectivity index (χ1n) is 7.54. The van der Waals surface area contributed by atoms with E-state index in [1.54, 1.807) is 31.2 Å². The monoisotopic (exact) mass is 370 g/mol. The van der Waals surface area contributed by atoms with Crippen LogP contribution in [0.1, 0.15) is 29.3 Å². The van der Waals surface area contributed by atoms with Crippen molar-refractivity contribution in [2.75, 3.05) is 12.0 Å². The zero-order valence-corrected chi connectivity index (χ0v) is 15.1. The predicted octanol–water partition coefficient (Wildman–Crippen LogP) is -0.0549. The summed E-state index contributed by atoms with van der Waals surface area (Å²) < 4.78 is 27.6. The normalized spacial score (nSPS) is 13.6. The summed E-state index contributed by atoms with van der Waals surface area (Å²) in [6.45, 7) is 3.09. The van der Waals surface area contributed by atoms with Crippen molar-refractivity contribution in [1.82, 2.24) is 5.32 Å². The molecule has 0 saturated heterocycles. The summed E-state index contributed by atoms with van der Waals surface area (Å²) in [6, 6.07) is 5.46. The summed E-state index contributed by atoms with van der Waals surface area (Å²) in [4.78, 5) is 35.5. The smallest absolute Gasteiger partial charge is 0.329 e. The average Bonchev–Trinajstić information content (AvgIpc) is 2.49. The van der Waals surface area contributed by atoms with Crippen LogP contribution < -0.4 is 11.1 Å². The Bertz CT molecular complexity index is 760. The molecule has 0 fully saturated rings. The topological polar surface area (TPSA) is 133 Å². The van der Waals surface area contributed by atoms with Crippen LogP contribution in [0.2, 0.25) is 0 Å². The number of benzene rings is 1. The van der Waals surface area contributed by atoms with Crippen molar-refractivity contribution in [3.63, 3.8) is 0 Å². The average molecular weight is 370 g/mol. The number of rotatable bonds is 8. The van der Waals surface area contributed by atoms with Gasteiger partial charge in [-0.25, -0.2) is 13.2 Å². The van der Waals surface area contributed by atoms with E-state index >= 15 is 0 Å². The molecule has 0 aliphatic rings. The van der Waals surface area contributed by atoms with E-state index in [1.807, 2.05) is 0 Å². The minimum Gasteiger partial charge on any atom is -0.451 e. The second kappa shape index (κ2) is 8.61. The lowest BCUT2D eigenvalue weighted by Crippen LogP contribution is -2.45. The molecule has 0 heterocycles. The van der Waals surface area contributed by atoms with Crippen LogP contribution in [0.3, 0.4) is 0 Å². The van der Waals surface area contributed by atoms with Gasteiger partial charge >= 0.3 is 5.97 Å². The van der Waals surface area contributed by atoms with E-state index in [9.17, 15) is 22.8 Å². The molecule has 0 aliphatic carbocycles. The number of hydrogen-bond acceptors (Lipinski definition) is 6. The molecule has 0 aliphatic heterocycles. The molecule has 1 aromatic rings. The number of ether oxygens (including phenoxy) is 1. The van der Waals surface area contributed by atoms with Crippen LogP contribution in [0.4, 0.5) is 0 Å². The number of sulfone groups is 1. The third-order valence-electron chi connectivity index (χ3n) is 3.34. The highest BCUT2D eigenvalue weighted by molar-refractivity contribution is 7.90. The number of hydrogen-bond donors (Lipinski definition) is 2. The van der Waals surface area contributed by atoms with E-state index in [0.29, 0.717) is 5.56 Å². The van der Waals surface area contributed by atoms with E-state index in [4.69, 9.17) is 10.5 Å². The molecular formula is C16H22N2O6S. The third-order valence-corrected chi connectivity index (χ3v) is 4.32. The largest absolute Gasteiger partial charge is 0.451 e. The molecule has 138 valence electrons. The molecule has 0 spiro atoms. The number of esters is 1. The Balaban J connectivity index is 2.91. The molecule has 25 heavy (non-hydrogen) atoms. The summed E-state index contributed by atoms with van der Waals surface area (Å²) in [5.41, 5.74) is 6.21. The molecule has 0 bridgehead atoms. The molecule has 1 rings (SSSR count). The SMILES string of the molecule is Cc1cccc(C(=O)N[C@@H](CCS(C)(=O)=O)C(=O)O[C@@H](C)C(N)=O)c1. The lowest BCUT2D eigenvalue weighted by molar-refractivity contribution is -0.155. The minimum atomic E-state index is -3.36. The first-order valence-corrected chi connectivity index (χ1v) is 9.60. The van der Waals surface area contributed by atoms with E-state index in [0.717, 1.165) is 11.8 Å². The van der Waals surface area contributed by atoms with Gasteiger partial charge in [0.1, 0.15) is 15.9 Å². The van der Waals surface area contributed by atoms with Gasteiger partial charge in [0.15, 0.2) is 6.10 Å². The number of aryl methyl sites for hydroxylation is 1. The first-order chi connectivity index (χ1) is 11.5. The van der Waals surface area contributed by atoms with Crippen LogP contribution in [0.25, 0.3) is 0 Å².